The average molecular weight is 266 g/mol. The van der Waals surface area contributed by atoms with Crippen molar-refractivity contribution in [1.82, 2.24) is 20.1 Å². The van der Waals surface area contributed by atoms with Gasteiger partial charge in [-0.3, -0.25) is 0 Å². The molecule has 4 nitrogen and oxygen atoms in total. The number of hydrogen-bond acceptors (Lipinski definition) is 3. The van der Waals surface area contributed by atoms with Crippen molar-refractivity contribution in [1.29, 1.82) is 0 Å². The zero-order valence-corrected chi connectivity index (χ0v) is 11.6. The Kier molecular flexibility index (Phi) is 3.74. The zero-order valence-electron chi connectivity index (χ0n) is 11.6. The van der Waals surface area contributed by atoms with Crippen LogP contribution in [0.25, 0.3) is 16.7 Å². The third kappa shape index (κ3) is 2.42. The van der Waals surface area contributed by atoms with E-state index in [0.29, 0.717) is 0 Å². The Bertz CT molecular complexity index is 702. The highest BCUT2D eigenvalue weighted by molar-refractivity contribution is 5.79. The molecule has 0 saturated carbocycles. The van der Waals surface area contributed by atoms with Crippen LogP contribution in [0.3, 0.4) is 0 Å². The molecule has 0 fully saturated rings. The lowest BCUT2D eigenvalue weighted by Gasteiger charge is -2.10. The second kappa shape index (κ2) is 5.84. The van der Waals surface area contributed by atoms with Crippen molar-refractivity contribution in [3.8, 4) is 5.82 Å². The fourth-order valence-electron chi connectivity index (χ4n) is 2.30. The van der Waals surface area contributed by atoms with Crippen LogP contribution in [0.2, 0.25) is 0 Å². The molecule has 0 amide bonds. The van der Waals surface area contributed by atoms with Gasteiger partial charge in [0.25, 0.3) is 0 Å². The maximum Gasteiger partial charge on any atom is 0.158 e. The fourth-order valence-corrected chi connectivity index (χ4v) is 2.30. The normalized spacial score (nSPS) is 11.1. The third-order valence-electron chi connectivity index (χ3n) is 3.29. The van der Waals surface area contributed by atoms with E-state index in [1.165, 1.54) is 0 Å². The lowest BCUT2D eigenvalue weighted by atomic mass is 10.2. The summed E-state index contributed by atoms with van der Waals surface area (Å²) in [6.45, 7) is 3.98. The van der Waals surface area contributed by atoms with Gasteiger partial charge < -0.3 is 5.32 Å². The maximum absolute atomic E-state index is 4.51. The van der Waals surface area contributed by atoms with Crippen LogP contribution in [0.1, 0.15) is 18.9 Å². The lowest BCUT2D eigenvalue weighted by molar-refractivity contribution is 0.668. The summed E-state index contributed by atoms with van der Waals surface area (Å²) in [5, 5.41) is 9.03. The number of aromatic nitrogens is 3. The minimum Gasteiger partial charge on any atom is -0.313 e. The van der Waals surface area contributed by atoms with Gasteiger partial charge >= 0.3 is 0 Å². The predicted molar refractivity (Wildman–Crippen MR) is 80.9 cm³/mol. The molecule has 0 atom stereocenters. The van der Waals surface area contributed by atoms with Gasteiger partial charge in [-0.1, -0.05) is 31.2 Å². The number of rotatable bonds is 5. The van der Waals surface area contributed by atoms with E-state index < -0.39 is 0 Å². The van der Waals surface area contributed by atoms with Crippen molar-refractivity contribution < 1.29 is 0 Å². The van der Waals surface area contributed by atoms with Crippen LogP contribution in [-0.2, 0) is 6.54 Å². The summed E-state index contributed by atoms with van der Waals surface area (Å²) in [7, 11) is 0. The van der Waals surface area contributed by atoms with Crippen molar-refractivity contribution in [2.75, 3.05) is 6.54 Å². The summed E-state index contributed by atoms with van der Waals surface area (Å²) in [6.07, 6.45) is 4.82. The van der Waals surface area contributed by atoms with E-state index in [1.54, 1.807) is 0 Å². The molecule has 0 bridgehead atoms. The van der Waals surface area contributed by atoms with Gasteiger partial charge in [-0.25, -0.2) is 9.67 Å². The molecule has 0 aliphatic carbocycles. The van der Waals surface area contributed by atoms with E-state index in [0.717, 1.165) is 41.8 Å². The topological polar surface area (TPSA) is 42.7 Å². The first-order valence-corrected chi connectivity index (χ1v) is 6.98. The Balaban J connectivity index is 2.01. The smallest absolute Gasteiger partial charge is 0.158 e. The molecule has 3 rings (SSSR count). The number of nitrogens with one attached hydrogen (secondary N) is 1. The lowest BCUT2D eigenvalue weighted by Crippen LogP contribution is -2.16. The Labute approximate surface area is 118 Å². The van der Waals surface area contributed by atoms with Gasteiger partial charge in [-0.15, -0.1) is 0 Å². The molecular weight excluding hydrogens is 248 g/mol. The number of nitrogens with zero attached hydrogens (tertiary/aromatic N) is 3. The van der Waals surface area contributed by atoms with Crippen molar-refractivity contribution in [3.63, 3.8) is 0 Å². The van der Waals surface area contributed by atoms with Gasteiger partial charge in [-0.2, -0.15) is 5.10 Å². The van der Waals surface area contributed by atoms with Gasteiger partial charge in [0.2, 0.25) is 0 Å². The number of benzene rings is 1. The number of para-hydroxylation sites is 1. The van der Waals surface area contributed by atoms with Crippen LogP contribution in [0, 0.1) is 0 Å². The van der Waals surface area contributed by atoms with Gasteiger partial charge in [0.1, 0.15) is 0 Å². The predicted octanol–water partition coefficient (Wildman–Crippen LogP) is 2.92. The fraction of sp³-hybridized carbons (Fsp3) is 0.250. The molecule has 0 aliphatic heterocycles. The summed E-state index contributed by atoms with van der Waals surface area (Å²) in [5.41, 5.74) is 2.25. The molecule has 0 spiro atoms. The first-order chi connectivity index (χ1) is 9.90. The van der Waals surface area contributed by atoms with Crippen molar-refractivity contribution in [3.05, 3.63) is 54.4 Å². The molecular formula is C16H18N4. The molecule has 20 heavy (non-hydrogen) atoms. The van der Waals surface area contributed by atoms with Crippen LogP contribution < -0.4 is 5.32 Å². The standard InChI is InChI=1S/C16H18N4/c1-2-9-17-11-14-7-5-10-18-16(14)20-15-8-4-3-6-13(15)12-19-20/h3-8,10,12,17H,2,9,11H2,1H3. The maximum atomic E-state index is 4.51. The average Bonchev–Trinajstić information content (AvgIpc) is 2.92. The number of hydrogen-bond donors (Lipinski definition) is 1. The van der Waals surface area contributed by atoms with Crippen LogP contribution >= 0.6 is 0 Å². The number of pyridine rings is 1. The SMILES string of the molecule is CCCNCc1cccnc1-n1ncc2ccccc21. The molecule has 1 N–H and O–H groups in total. The van der Waals surface area contributed by atoms with E-state index in [9.17, 15) is 0 Å². The van der Waals surface area contributed by atoms with E-state index in [-0.39, 0.29) is 0 Å². The number of fused-ring (bicyclic) bond motifs is 1. The molecule has 3 aromatic rings. The molecule has 0 saturated heterocycles. The molecule has 2 heterocycles. The van der Waals surface area contributed by atoms with E-state index in [1.807, 2.05) is 35.3 Å². The van der Waals surface area contributed by atoms with Crippen molar-refractivity contribution in [2.24, 2.45) is 0 Å². The summed E-state index contributed by atoms with van der Waals surface area (Å²) < 4.78 is 1.91. The molecule has 0 radical (unpaired) electrons. The minimum absolute atomic E-state index is 0.811. The monoisotopic (exact) mass is 266 g/mol. The molecule has 2 aromatic heterocycles. The molecule has 4 heteroatoms. The second-order valence-electron chi connectivity index (χ2n) is 4.78. The minimum atomic E-state index is 0.811. The first kappa shape index (κ1) is 12.8. The molecule has 0 unspecified atom stereocenters. The van der Waals surface area contributed by atoms with E-state index >= 15 is 0 Å². The highest BCUT2D eigenvalue weighted by atomic mass is 15.3. The van der Waals surface area contributed by atoms with Crippen molar-refractivity contribution >= 4 is 10.9 Å². The van der Waals surface area contributed by atoms with Crippen LogP contribution in [0.5, 0.6) is 0 Å². The Hall–Kier alpha value is -2.20. The van der Waals surface area contributed by atoms with E-state index in [2.05, 4.69) is 40.5 Å². The molecule has 102 valence electrons. The Morgan fingerprint density at radius 1 is 1.15 bits per heavy atom. The highest BCUT2D eigenvalue weighted by Crippen LogP contribution is 2.18. The molecule has 0 aliphatic rings. The second-order valence-corrected chi connectivity index (χ2v) is 4.78. The summed E-state index contributed by atoms with van der Waals surface area (Å²) in [6, 6.07) is 12.3. The Morgan fingerprint density at radius 3 is 2.95 bits per heavy atom. The quantitative estimate of drug-likeness (QED) is 0.722. The summed E-state index contributed by atoms with van der Waals surface area (Å²) in [5.74, 6) is 0.900. The third-order valence-corrected chi connectivity index (χ3v) is 3.29. The first-order valence-electron chi connectivity index (χ1n) is 6.98. The summed E-state index contributed by atoms with van der Waals surface area (Å²) in [4.78, 5) is 4.51. The van der Waals surface area contributed by atoms with Crippen LogP contribution in [0.4, 0.5) is 0 Å². The Morgan fingerprint density at radius 2 is 2.05 bits per heavy atom. The molecule has 1 aromatic carbocycles. The van der Waals surface area contributed by atoms with Gasteiger partial charge in [0.05, 0.1) is 11.7 Å². The highest BCUT2D eigenvalue weighted by Gasteiger charge is 2.09. The van der Waals surface area contributed by atoms with Crippen LogP contribution in [0.15, 0.2) is 48.8 Å². The van der Waals surface area contributed by atoms with Crippen LogP contribution in [-0.4, -0.2) is 21.3 Å². The largest absolute Gasteiger partial charge is 0.313 e. The zero-order chi connectivity index (χ0) is 13.8. The van der Waals surface area contributed by atoms with Crippen molar-refractivity contribution in [2.45, 2.75) is 19.9 Å². The van der Waals surface area contributed by atoms with Gasteiger partial charge in [-0.05, 0) is 25.1 Å². The summed E-state index contributed by atoms with van der Waals surface area (Å²) >= 11 is 0. The van der Waals surface area contributed by atoms with E-state index in [4.69, 9.17) is 0 Å². The van der Waals surface area contributed by atoms with Gasteiger partial charge in [0, 0.05) is 23.7 Å². The van der Waals surface area contributed by atoms with Gasteiger partial charge in [0.15, 0.2) is 5.82 Å².